The fourth-order valence-corrected chi connectivity index (χ4v) is 2.74. The van der Waals surface area contributed by atoms with E-state index in [1.54, 1.807) is 7.11 Å². The molecule has 1 aromatic rings. The molecule has 0 aliphatic heterocycles. The first kappa shape index (κ1) is 14.0. The summed E-state index contributed by atoms with van der Waals surface area (Å²) in [5.41, 5.74) is 1.01. The quantitative estimate of drug-likeness (QED) is 0.764. The lowest BCUT2D eigenvalue weighted by Crippen LogP contribution is -2.29. The van der Waals surface area contributed by atoms with Crippen LogP contribution in [0.3, 0.4) is 0 Å². The average molecular weight is 289 g/mol. The van der Waals surface area contributed by atoms with Crippen molar-refractivity contribution in [1.29, 1.82) is 0 Å². The number of alkyl halides is 1. The Morgan fingerprint density at radius 1 is 1.28 bits per heavy atom. The molecule has 0 spiro atoms. The molecule has 1 aliphatic rings. The standard InChI is InChI=1S/C14H18Cl2O2/c1-17-11-3-2-4-12(8-11)18-14-6-5-10(9-15)7-13(14)16/h5-7,11-12H,2-4,8-9H2,1H3. The third-order valence-corrected chi connectivity index (χ3v) is 3.96. The van der Waals surface area contributed by atoms with Gasteiger partial charge in [0.2, 0.25) is 0 Å². The summed E-state index contributed by atoms with van der Waals surface area (Å²) in [4.78, 5) is 0. The van der Waals surface area contributed by atoms with Crippen molar-refractivity contribution in [2.24, 2.45) is 0 Å². The van der Waals surface area contributed by atoms with Gasteiger partial charge < -0.3 is 9.47 Å². The predicted molar refractivity (Wildman–Crippen MR) is 74.7 cm³/mol. The van der Waals surface area contributed by atoms with Crippen LogP contribution in [0.2, 0.25) is 5.02 Å². The average Bonchev–Trinajstić information content (AvgIpc) is 2.41. The predicted octanol–water partition coefficient (Wildman–Crippen LogP) is 4.42. The van der Waals surface area contributed by atoms with Crippen LogP contribution in [0, 0.1) is 0 Å². The van der Waals surface area contributed by atoms with E-state index in [2.05, 4.69) is 0 Å². The van der Waals surface area contributed by atoms with Gasteiger partial charge in [-0.3, -0.25) is 0 Å². The van der Waals surface area contributed by atoms with Crippen molar-refractivity contribution in [2.75, 3.05) is 7.11 Å². The highest BCUT2D eigenvalue weighted by Gasteiger charge is 2.23. The molecule has 1 aromatic carbocycles. The van der Waals surface area contributed by atoms with Crippen LogP contribution in [0.25, 0.3) is 0 Å². The topological polar surface area (TPSA) is 18.5 Å². The van der Waals surface area contributed by atoms with Gasteiger partial charge >= 0.3 is 0 Å². The zero-order chi connectivity index (χ0) is 13.0. The van der Waals surface area contributed by atoms with E-state index in [0.29, 0.717) is 17.0 Å². The smallest absolute Gasteiger partial charge is 0.138 e. The van der Waals surface area contributed by atoms with Crippen LogP contribution in [0.5, 0.6) is 5.75 Å². The number of rotatable bonds is 4. The largest absolute Gasteiger partial charge is 0.489 e. The van der Waals surface area contributed by atoms with Crippen LogP contribution < -0.4 is 4.74 Å². The van der Waals surface area contributed by atoms with E-state index in [0.717, 1.165) is 37.0 Å². The Labute approximate surface area is 118 Å². The molecule has 0 radical (unpaired) electrons. The first-order valence-corrected chi connectivity index (χ1v) is 7.18. The highest BCUT2D eigenvalue weighted by molar-refractivity contribution is 6.32. The maximum atomic E-state index is 6.18. The lowest BCUT2D eigenvalue weighted by atomic mass is 9.95. The van der Waals surface area contributed by atoms with E-state index >= 15 is 0 Å². The highest BCUT2D eigenvalue weighted by Crippen LogP contribution is 2.30. The maximum Gasteiger partial charge on any atom is 0.138 e. The summed E-state index contributed by atoms with van der Waals surface area (Å²) in [5.74, 6) is 1.21. The van der Waals surface area contributed by atoms with Crippen molar-refractivity contribution >= 4 is 23.2 Å². The fourth-order valence-electron chi connectivity index (χ4n) is 2.33. The fraction of sp³-hybridized carbons (Fsp3) is 0.571. The van der Waals surface area contributed by atoms with Crippen molar-refractivity contribution in [3.8, 4) is 5.75 Å². The molecule has 4 heteroatoms. The van der Waals surface area contributed by atoms with Crippen molar-refractivity contribution < 1.29 is 9.47 Å². The van der Waals surface area contributed by atoms with Gasteiger partial charge in [0.1, 0.15) is 11.9 Å². The molecule has 18 heavy (non-hydrogen) atoms. The van der Waals surface area contributed by atoms with Crippen molar-refractivity contribution in [2.45, 2.75) is 43.8 Å². The molecular formula is C14H18Cl2O2. The molecule has 100 valence electrons. The number of hydrogen-bond donors (Lipinski definition) is 0. The molecule has 1 fully saturated rings. The van der Waals surface area contributed by atoms with Crippen LogP contribution in [0.1, 0.15) is 31.2 Å². The summed E-state index contributed by atoms with van der Waals surface area (Å²) >= 11 is 11.9. The molecule has 0 saturated heterocycles. The monoisotopic (exact) mass is 288 g/mol. The van der Waals surface area contributed by atoms with E-state index < -0.39 is 0 Å². The van der Waals surface area contributed by atoms with Gasteiger partial charge in [-0.15, -0.1) is 11.6 Å². The Balaban J connectivity index is 2.00. The molecule has 0 amide bonds. The van der Waals surface area contributed by atoms with E-state index in [9.17, 15) is 0 Å². The van der Waals surface area contributed by atoms with Gasteiger partial charge in [0.05, 0.1) is 11.1 Å². The van der Waals surface area contributed by atoms with Gasteiger partial charge in [-0.2, -0.15) is 0 Å². The van der Waals surface area contributed by atoms with Gasteiger partial charge in [-0.1, -0.05) is 17.7 Å². The number of ether oxygens (including phenoxy) is 2. The second-order valence-corrected chi connectivity index (χ2v) is 5.34. The summed E-state index contributed by atoms with van der Waals surface area (Å²) in [7, 11) is 1.76. The van der Waals surface area contributed by atoms with Gasteiger partial charge in [0, 0.05) is 19.4 Å². The Kier molecular flexibility index (Phi) is 5.16. The molecule has 2 unspecified atom stereocenters. The van der Waals surface area contributed by atoms with Crippen molar-refractivity contribution in [3.05, 3.63) is 28.8 Å². The lowest BCUT2D eigenvalue weighted by Gasteiger charge is -2.29. The molecule has 0 bridgehead atoms. The van der Waals surface area contributed by atoms with E-state index in [1.165, 1.54) is 0 Å². The number of halogens is 2. The summed E-state index contributed by atoms with van der Waals surface area (Å²) in [5, 5.41) is 0.632. The third-order valence-electron chi connectivity index (χ3n) is 3.36. The van der Waals surface area contributed by atoms with Gasteiger partial charge in [-0.05, 0) is 37.0 Å². The van der Waals surface area contributed by atoms with Gasteiger partial charge in [-0.25, -0.2) is 0 Å². The van der Waals surface area contributed by atoms with Gasteiger partial charge in [0.15, 0.2) is 0 Å². The first-order chi connectivity index (χ1) is 8.72. The lowest BCUT2D eigenvalue weighted by molar-refractivity contribution is 0.0210. The number of methoxy groups -OCH3 is 1. The van der Waals surface area contributed by atoms with Crippen LogP contribution in [-0.4, -0.2) is 19.3 Å². The summed E-state index contributed by atoms with van der Waals surface area (Å²) in [6, 6.07) is 5.71. The summed E-state index contributed by atoms with van der Waals surface area (Å²) in [6.45, 7) is 0. The molecule has 0 aromatic heterocycles. The summed E-state index contributed by atoms with van der Waals surface area (Å²) < 4.78 is 11.4. The molecule has 2 atom stereocenters. The molecule has 2 nitrogen and oxygen atoms in total. The van der Waals surface area contributed by atoms with Crippen LogP contribution >= 0.6 is 23.2 Å². The molecule has 0 N–H and O–H groups in total. The van der Waals surface area contributed by atoms with Crippen molar-refractivity contribution in [1.82, 2.24) is 0 Å². The molecule has 1 saturated carbocycles. The second kappa shape index (κ2) is 6.65. The Bertz CT molecular complexity index is 395. The van der Waals surface area contributed by atoms with Crippen LogP contribution in [-0.2, 0) is 10.6 Å². The van der Waals surface area contributed by atoms with Crippen LogP contribution in [0.15, 0.2) is 18.2 Å². The molecule has 1 aliphatic carbocycles. The normalized spacial score (nSPS) is 23.9. The summed E-state index contributed by atoms with van der Waals surface area (Å²) in [6.07, 6.45) is 4.76. The molecular weight excluding hydrogens is 271 g/mol. The minimum absolute atomic E-state index is 0.197. The Morgan fingerprint density at radius 2 is 2.06 bits per heavy atom. The second-order valence-electron chi connectivity index (χ2n) is 4.66. The first-order valence-electron chi connectivity index (χ1n) is 6.26. The Hall–Kier alpha value is -0.440. The van der Waals surface area contributed by atoms with E-state index in [4.69, 9.17) is 32.7 Å². The van der Waals surface area contributed by atoms with E-state index in [-0.39, 0.29) is 6.10 Å². The zero-order valence-electron chi connectivity index (χ0n) is 10.5. The number of hydrogen-bond acceptors (Lipinski definition) is 2. The molecule has 0 heterocycles. The maximum absolute atomic E-state index is 6.18. The highest BCUT2D eigenvalue weighted by atomic mass is 35.5. The van der Waals surface area contributed by atoms with Crippen molar-refractivity contribution in [3.63, 3.8) is 0 Å². The third kappa shape index (κ3) is 3.53. The van der Waals surface area contributed by atoms with Crippen LogP contribution in [0.4, 0.5) is 0 Å². The SMILES string of the molecule is COC1CCCC(Oc2ccc(CCl)cc2Cl)C1. The van der Waals surface area contributed by atoms with E-state index in [1.807, 2.05) is 18.2 Å². The minimum Gasteiger partial charge on any atom is -0.489 e. The minimum atomic E-state index is 0.197. The Morgan fingerprint density at radius 3 is 2.72 bits per heavy atom. The number of benzene rings is 1. The zero-order valence-corrected chi connectivity index (χ0v) is 12.0. The molecule has 2 rings (SSSR count). The van der Waals surface area contributed by atoms with Gasteiger partial charge in [0.25, 0.3) is 0 Å².